The number of fused-ring (bicyclic) bond motifs is 3. The Kier molecular flexibility index (Phi) is 5.57. The number of hydrogen-bond acceptors (Lipinski definition) is 4. The molecule has 0 saturated carbocycles. The van der Waals surface area contributed by atoms with E-state index >= 15 is 0 Å². The number of phenols is 1. The second kappa shape index (κ2) is 8.71. The topological polar surface area (TPSA) is 59.0 Å². The maximum atomic E-state index is 14.5. The van der Waals surface area contributed by atoms with Crippen LogP contribution in [0.15, 0.2) is 72.8 Å². The summed E-state index contributed by atoms with van der Waals surface area (Å²) >= 11 is 0. The Labute approximate surface area is 197 Å². The summed E-state index contributed by atoms with van der Waals surface area (Å²) in [4.78, 5) is 15.1. The van der Waals surface area contributed by atoms with E-state index in [9.17, 15) is 14.3 Å². The van der Waals surface area contributed by atoms with E-state index in [1.54, 1.807) is 35.2 Å². The van der Waals surface area contributed by atoms with Crippen molar-refractivity contribution in [3.63, 3.8) is 0 Å². The number of rotatable bonds is 5. The summed E-state index contributed by atoms with van der Waals surface area (Å²) in [6, 6.07) is 21.9. The number of benzene rings is 4. The Morgan fingerprint density at radius 1 is 0.971 bits per heavy atom. The second-order valence-corrected chi connectivity index (χ2v) is 8.32. The van der Waals surface area contributed by atoms with Crippen molar-refractivity contribution in [2.75, 3.05) is 19.1 Å². The number of anilines is 1. The number of hydrogen-bond donors (Lipinski definition) is 1. The van der Waals surface area contributed by atoms with Crippen molar-refractivity contribution in [2.24, 2.45) is 0 Å². The molecular formula is C28H24FNO4. The van der Waals surface area contributed by atoms with E-state index in [0.717, 1.165) is 27.6 Å². The quantitative estimate of drug-likeness (QED) is 0.413. The summed E-state index contributed by atoms with van der Waals surface area (Å²) in [5.74, 6) is -0.284. The first-order chi connectivity index (χ1) is 16.5. The van der Waals surface area contributed by atoms with E-state index in [0.29, 0.717) is 5.56 Å². The van der Waals surface area contributed by atoms with Gasteiger partial charge in [0.1, 0.15) is 5.82 Å². The van der Waals surface area contributed by atoms with Gasteiger partial charge in [0.2, 0.25) is 11.7 Å². The highest BCUT2D eigenvalue weighted by Crippen LogP contribution is 2.48. The molecule has 0 fully saturated rings. The molecule has 0 spiro atoms. The van der Waals surface area contributed by atoms with Gasteiger partial charge in [-0.2, -0.15) is 0 Å². The van der Waals surface area contributed by atoms with Gasteiger partial charge in [-0.3, -0.25) is 4.79 Å². The van der Waals surface area contributed by atoms with Crippen LogP contribution in [0, 0.1) is 5.82 Å². The first-order valence-corrected chi connectivity index (χ1v) is 11.0. The third-order valence-electron chi connectivity index (χ3n) is 6.46. The van der Waals surface area contributed by atoms with E-state index in [4.69, 9.17) is 9.47 Å². The summed E-state index contributed by atoms with van der Waals surface area (Å²) in [7, 11) is 2.95. The van der Waals surface area contributed by atoms with Crippen LogP contribution in [0.2, 0.25) is 0 Å². The lowest BCUT2D eigenvalue weighted by Crippen LogP contribution is -2.36. The summed E-state index contributed by atoms with van der Waals surface area (Å²) in [6.45, 7) is 0.145. The molecule has 1 aliphatic heterocycles. The molecule has 0 saturated heterocycles. The van der Waals surface area contributed by atoms with Crippen molar-refractivity contribution in [3.8, 4) is 17.2 Å². The molecule has 6 heteroatoms. The summed E-state index contributed by atoms with van der Waals surface area (Å²) < 4.78 is 25.2. The maximum absolute atomic E-state index is 14.5. The molecule has 1 aliphatic rings. The Bertz CT molecular complexity index is 1380. The van der Waals surface area contributed by atoms with Gasteiger partial charge in [-0.05, 0) is 46.2 Å². The highest BCUT2D eigenvalue weighted by Gasteiger charge is 2.35. The third-order valence-corrected chi connectivity index (χ3v) is 6.46. The minimum atomic E-state index is -0.340. The van der Waals surface area contributed by atoms with Crippen molar-refractivity contribution >= 4 is 22.4 Å². The lowest BCUT2D eigenvalue weighted by Gasteiger charge is -2.35. The average molecular weight is 458 g/mol. The van der Waals surface area contributed by atoms with E-state index in [1.165, 1.54) is 20.3 Å². The zero-order valence-electron chi connectivity index (χ0n) is 18.9. The van der Waals surface area contributed by atoms with Gasteiger partial charge in [0.05, 0.1) is 20.8 Å². The van der Waals surface area contributed by atoms with Gasteiger partial charge in [0.25, 0.3) is 0 Å². The van der Waals surface area contributed by atoms with Crippen LogP contribution < -0.4 is 14.4 Å². The number of carbonyl (C=O) groups excluding carboxylic acids is 1. The van der Waals surface area contributed by atoms with Crippen molar-refractivity contribution in [3.05, 3.63) is 95.3 Å². The number of phenolic OH excluding ortho intramolecular Hbond substituents is 1. The van der Waals surface area contributed by atoms with Crippen LogP contribution >= 0.6 is 0 Å². The van der Waals surface area contributed by atoms with Crippen molar-refractivity contribution < 1.29 is 23.8 Å². The SMILES string of the molecule is COc1cc(C2CC(=O)N(Cc3ccccc3F)c3ccc4ccccc4c32)cc(OC)c1O. The molecule has 1 heterocycles. The normalized spacial score (nSPS) is 15.3. The largest absolute Gasteiger partial charge is 0.502 e. The summed E-state index contributed by atoms with van der Waals surface area (Å²) in [5.41, 5.74) is 2.97. The second-order valence-electron chi connectivity index (χ2n) is 8.32. The fourth-order valence-electron chi connectivity index (χ4n) is 4.78. The Balaban J connectivity index is 1.71. The molecule has 172 valence electrons. The van der Waals surface area contributed by atoms with Gasteiger partial charge in [-0.15, -0.1) is 0 Å². The first-order valence-electron chi connectivity index (χ1n) is 11.0. The Morgan fingerprint density at radius 3 is 2.35 bits per heavy atom. The van der Waals surface area contributed by atoms with Gasteiger partial charge < -0.3 is 19.5 Å². The van der Waals surface area contributed by atoms with Crippen LogP contribution in [-0.2, 0) is 11.3 Å². The molecule has 1 unspecified atom stereocenters. The van der Waals surface area contributed by atoms with Gasteiger partial charge >= 0.3 is 0 Å². The Hall–Kier alpha value is -4.06. The van der Waals surface area contributed by atoms with Gasteiger partial charge in [0.15, 0.2) is 11.5 Å². The smallest absolute Gasteiger partial charge is 0.228 e. The maximum Gasteiger partial charge on any atom is 0.228 e. The molecule has 1 amide bonds. The molecule has 4 aromatic carbocycles. The number of nitrogens with zero attached hydrogens (tertiary/aromatic N) is 1. The van der Waals surface area contributed by atoms with Crippen LogP contribution in [0.1, 0.15) is 29.0 Å². The van der Waals surface area contributed by atoms with Crippen molar-refractivity contribution in [1.82, 2.24) is 0 Å². The van der Waals surface area contributed by atoms with Gasteiger partial charge in [-0.25, -0.2) is 4.39 Å². The van der Waals surface area contributed by atoms with Crippen LogP contribution in [0.5, 0.6) is 17.2 Å². The summed E-state index contributed by atoms with van der Waals surface area (Å²) in [6.07, 6.45) is 0.187. The predicted octanol–water partition coefficient (Wildman–Crippen LogP) is 5.77. The minimum Gasteiger partial charge on any atom is -0.502 e. The number of amides is 1. The third kappa shape index (κ3) is 3.61. The van der Waals surface area contributed by atoms with Crippen LogP contribution in [0.25, 0.3) is 10.8 Å². The molecule has 0 aliphatic carbocycles. The molecular weight excluding hydrogens is 433 g/mol. The van der Waals surface area contributed by atoms with E-state index in [2.05, 4.69) is 0 Å². The molecule has 1 atom stereocenters. The van der Waals surface area contributed by atoms with E-state index in [1.807, 2.05) is 36.4 Å². The lowest BCUT2D eigenvalue weighted by molar-refractivity contribution is -0.119. The molecule has 34 heavy (non-hydrogen) atoms. The molecule has 0 aromatic heterocycles. The number of methoxy groups -OCH3 is 2. The zero-order chi connectivity index (χ0) is 23.8. The molecule has 0 radical (unpaired) electrons. The summed E-state index contributed by atoms with van der Waals surface area (Å²) in [5, 5.41) is 12.5. The van der Waals surface area contributed by atoms with Crippen LogP contribution in [0.3, 0.4) is 0 Å². The van der Waals surface area contributed by atoms with Crippen LogP contribution in [0.4, 0.5) is 10.1 Å². The fourth-order valence-corrected chi connectivity index (χ4v) is 4.78. The average Bonchev–Trinajstić information content (AvgIpc) is 2.86. The fraction of sp³-hybridized carbons (Fsp3) is 0.179. The minimum absolute atomic E-state index is 0.0878. The first kappa shape index (κ1) is 21.8. The monoisotopic (exact) mass is 457 g/mol. The van der Waals surface area contributed by atoms with E-state index < -0.39 is 0 Å². The van der Waals surface area contributed by atoms with Crippen molar-refractivity contribution in [2.45, 2.75) is 18.9 Å². The van der Waals surface area contributed by atoms with Gasteiger partial charge in [-0.1, -0.05) is 48.5 Å². The van der Waals surface area contributed by atoms with Gasteiger partial charge in [0, 0.05) is 23.6 Å². The molecule has 0 bridgehead atoms. The molecule has 4 aromatic rings. The van der Waals surface area contributed by atoms with Crippen molar-refractivity contribution in [1.29, 1.82) is 0 Å². The molecule has 1 N–H and O–H groups in total. The predicted molar refractivity (Wildman–Crippen MR) is 129 cm³/mol. The highest BCUT2D eigenvalue weighted by atomic mass is 19.1. The number of carbonyl (C=O) groups is 1. The molecule has 5 nitrogen and oxygen atoms in total. The van der Waals surface area contributed by atoms with E-state index in [-0.39, 0.29) is 47.9 Å². The number of aromatic hydroxyl groups is 1. The lowest BCUT2D eigenvalue weighted by atomic mass is 9.81. The molecule has 5 rings (SSSR count). The standard InChI is InChI=1S/C28H24FNO4/c1-33-24-13-19(14-25(34-2)28(24)32)21-15-26(31)30(16-18-8-4-6-10-22(18)29)23-12-11-17-7-3-5-9-20(17)27(21)23/h3-14,21,32H,15-16H2,1-2H3. The highest BCUT2D eigenvalue weighted by molar-refractivity contribution is 6.03. The Morgan fingerprint density at radius 2 is 1.65 bits per heavy atom. The zero-order valence-corrected chi connectivity index (χ0v) is 18.9. The number of halogens is 1. The number of ether oxygens (including phenoxy) is 2. The van der Waals surface area contributed by atoms with Crippen LogP contribution in [-0.4, -0.2) is 25.2 Å².